The fraction of sp³-hybridized carbons (Fsp3) is 0.154. The van der Waals surface area contributed by atoms with Gasteiger partial charge < -0.3 is 4.98 Å². The molecule has 0 unspecified atom stereocenters. The summed E-state index contributed by atoms with van der Waals surface area (Å²) in [6, 6.07) is 9.10. The number of nitrogens with one attached hydrogen (secondary N) is 2. The lowest BCUT2D eigenvalue weighted by Gasteiger charge is -2.02. The van der Waals surface area contributed by atoms with Gasteiger partial charge in [-0.05, 0) is 30.7 Å². The maximum atomic E-state index is 12.2. The van der Waals surface area contributed by atoms with Crippen LogP contribution >= 0.6 is 22.9 Å². The van der Waals surface area contributed by atoms with Crippen LogP contribution in [-0.4, -0.2) is 18.4 Å². The first-order valence-electron chi connectivity index (χ1n) is 6.15. The molecule has 2 aromatic heterocycles. The van der Waals surface area contributed by atoms with E-state index in [1.54, 1.807) is 13.0 Å². The van der Waals surface area contributed by atoms with Gasteiger partial charge in [-0.15, -0.1) is 11.3 Å². The summed E-state index contributed by atoms with van der Waals surface area (Å²) in [5, 5.41) is 0. The van der Waals surface area contributed by atoms with Crippen molar-refractivity contribution < 1.29 is 8.42 Å². The topological polar surface area (TPSA) is 74.8 Å². The van der Waals surface area contributed by atoms with E-state index in [1.165, 1.54) is 0 Å². The molecule has 5 nitrogen and oxygen atoms in total. The van der Waals surface area contributed by atoms with Gasteiger partial charge in [0.25, 0.3) is 10.0 Å². The van der Waals surface area contributed by atoms with Crippen molar-refractivity contribution in [2.24, 2.45) is 0 Å². The first-order valence-corrected chi connectivity index (χ1v) is 8.83. The van der Waals surface area contributed by atoms with E-state index in [0.717, 1.165) is 27.9 Å². The van der Waals surface area contributed by atoms with Crippen molar-refractivity contribution in [1.82, 2.24) is 14.7 Å². The van der Waals surface area contributed by atoms with Crippen molar-refractivity contribution in [3.63, 3.8) is 0 Å². The Bertz CT molecular complexity index is 847. The highest BCUT2D eigenvalue weighted by Gasteiger charge is 2.18. The van der Waals surface area contributed by atoms with Gasteiger partial charge >= 0.3 is 0 Å². The molecule has 1 aromatic carbocycles. The molecule has 3 rings (SSSR count). The van der Waals surface area contributed by atoms with Crippen LogP contribution in [0, 0.1) is 6.92 Å². The molecule has 0 atom stereocenters. The molecule has 0 saturated carbocycles. The minimum absolute atomic E-state index is 0.103. The SMILES string of the molecule is Cc1cc(S(=O)(=O)NCc2nc3ccccc3[nH]2)sc1Cl. The standard InChI is InChI=1S/C13H12ClN3O2S2/c1-8-6-12(20-13(8)14)21(18,19)15-7-11-16-9-4-2-3-5-10(9)17-11/h2-6,15H,7H2,1H3,(H,16,17). The summed E-state index contributed by atoms with van der Waals surface area (Å²) in [5.41, 5.74) is 2.44. The summed E-state index contributed by atoms with van der Waals surface area (Å²) in [6.07, 6.45) is 0. The Hall–Kier alpha value is -1.41. The predicted octanol–water partition coefficient (Wildman–Crippen LogP) is 3.06. The molecule has 0 aliphatic heterocycles. The number of aromatic nitrogens is 2. The molecular weight excluding hydrogens is 330 g/mol. The maximum Gasteiger partial charge on any atom is 0.250 e. The number of nitrogens with zero attached hydrogens (tertiary/aromatic N) is 1. The molecule has 0 aliphatic carbocycles. The van der Waals surface area contributed by atoms with E-state index in [9.17, 15) is 8.42 Å². The molecule has 0 radical (unpaired) electrons. The summed E-state index contributed by atoms with van der Waals surface area (Å²) in [7, 11) is -3.57. The highest BCUT2D eigenvalue weighted by molar-refractivity contribution is 7.91. The molecule has 2 N–H and O–H groups in total. The van der Waals surface area contributed by atoms with Crippen LogP contribution < -0.4 is 4.72 Å². The van der Waals surface area contributed by atoms with Crippen LogP contribution in [0.3, 0.4) is 0 Å². The molecule has 21 heavy (non-hydrogen) atoms. The van der Waals surface area contributed by atoms with Crippen LogP contribution in [0.2, 0.25) is 4.34 Å². The number of thiophene rings is 1. The average molecular weight is 342 g/mol. The van der Waals surface area contributed by atoms with Gasteiger partial charge in [-0.1, -0.05) is 23.7 Å². The molecule has 0 saturated heterocycles. The van der Waals surface area contributed by atoms with Crippen LogP contribution in [0.1, 0.15) is 11.4 Å². The zero-order chi connectivity index (χ0) is 15.0. The van der Waals surface area contributed by atoms with E-state index in [1.807, 2.05) is 24.3 Å². The Kier molecular flexibility index (Phi) is 3.75. The lowest BCUT2D eigenvalue weighted by Crippen LogP contribution is -2.23. The van der Waals surface area contributed by atoms with Crippen molar-refractivity contribution in [3.05, 3.63) is 46.1 Å². The third kappa shape index (κ3) is 2.96. The maximum absolute atomic E-state index is 12.2. The van der Waals surface area contributed by atoms with Crippen LogP contribution in [0.25, 0.3) is 11.0 Å². The number of hydrogen-bond acceptors (Lipinski definition) is 4. The molecule has 0 fully saturated rings. The van der Waals surface area contributed by atoms with Crippen molar-refractivity contribution in [2.45, 2.75) is 17.7 Å². The predicted molar refractivity (Wildman–Crippen MR) is 84.2 cm³/mol. The number of sulfonamides is 1. The van der Waals surface area contributed by atoms with Gasteiger partial charge in [0.05, 0.1) is 21.9 Å². The quantitative estimate of drug-likeness (QED) is 0.765. The number of halogens is 1. The average Bonchev–Trinajstić information content (AvgIpc) is 3.01. The second-order valence-corrected chi connectivity index (χ2v) is 8.20. The summed E-state index contributed by atoms with van der Waals surface area (Å²) in [6.45, 7) is 1.88. The number of fused-ring (bicyclic) bond motifs is 1. The first kappa shape index (κ1) is 14.5. The highest BCUT2D eigenvalue weighted by Crippen LogP contribution is 2.29. The fourth-order valence-corrected chi connectivity index (χ4v) is 4.63. The van der Waals surface area contributed by atoms with Crippen molar-refractivity contribution in [2.75, 3.05) is 0 Å². The third-order valence-electron chi connectivity index (χ3n) is 2.97. The van der Waals surface area contributed by atoms with Gasteiger partial charge in [-0.2, -0.15) is 0 Å². The Morgan fingerprint density at radius 1 is 1.38 bits per heavy atom. The van der Waals surface area contributed by atoms with Gasteiger partial charge in [0.2, 0.25) is 0 Å². The zero-order valence-corrected chi connectivity index (χ0v) is 13.4. The smallest absolute Gasteiger partial charge is 0.250 e. The highest BCUT2D eigenvalue weighted by atomic mass is 35.5. The Morgan fingerprint density at radius 3 is 2.81 bits per heavy atom. The van der Waals surface area contributed by atoms with E-state index in [0.29, 0.717) is 10.2 Å². The lowest BCUT2D eigenvalue weighted by atomic mass is 10.3. The van der Waals surface area contributed by atoms with E-state index in [4.69, 9.17) is 11.6 Å². The van der Waals surface area contributed by atoms with Crippen molar-refractivity contribution in [1.29, 1.82) is 0 Å². The second-order valence-electron chi connectivity index (χ2n) is 4.55. The van der Waals surface area contributed by atoms with Gasteiger partial charge in [0.15, 0.2) is 0 Å². The van der Waals surface area contributed by atoms with Gasteiger partial charge in [-0.25, -0.2) is 18.1 Å². The van der Waals surface area contributed by atoms with Crippen LogP contribution in [0.4, 0.5) is 0 Å². The van der Waals surface area contributed by atoms with E-state index in [-0.39, 0.29) is 10.8 Å². The van der Waals surface area contributed by atoms with E-state index < -0.39 is 10.0 Å². The largest absolute Gasteiger partial charge is 0.341 e. The number of H-pyrrole nitrogens is 1. The number of hydrogen-bond donors (Lipinski definition) is 2. The molecular formula is C13H12ClN3O2S2. The van der Waals surface area contributed by atoms with Crippen LogP contribution in [-0.2, 0) is 16.6 Å². The molecule has 0 amide bonds. The number of aryl methyl sites for hydroxylation is 1. The van der Waals surface area contributed by atoms with Crippen LogP contribution in [0.5, 0.6) is 0 Å². The van der Waals surface area contributed by atoms with Crippen molar-refractivity contribution in [3.8, 4) is 0 Å². The number of rotatable bonds is 4. The third-order valence-corrected chi connectivity index (χ3v) is 6.40. The molecule has 0 spiro atoms. The summed E-state index contributed by atoms with van der Waals surface area (Å²) in [5.74, 6) is 0.569. The Labute approximate surface area is 131 Å². The van der Waals surface area contributed by atoms with Gasteiger partial charge in [0, 0.05) is 0 Å². The number of imidazole rings is 1. The van der Waals surface area contributed by atoms with Crippen LogP contribution in [0.15, 0.2) is 34.5 Å². The van der Waals surface area contributed by atoms with Gasteiger partial charge in [0.1, 0.15) is 10.0 Å². The van der Waals surface area contributed by atoms with E-state index >= 15 is 0 Å². The molecule has 0 bridgehead atoms. The van der Waals surface area contributed by atoms with Crippen molar-refractivity contribution >= 4 is 44.0 Å². The van der Waals surface area contributed by atoms with E-state index in [2.05, 4.69) is 14.7 Å². The number of benzene rings is 1. The molecule has 3 aromatic rings. The minimum atomic E-state index is -3.57. The number of para-hydroxylation sites is 2. The second kappa shape index (κ2) is 5.42. The summed E-state index contributed by atoms with van der Waals surface area (Å²) in [4.78, 5) is 7.40. The number of aromatic amines is 1. The monoisotopic (exact) mass is 341 g/mol. The summed E-state index contributed by atoms with van der Waals surface area (Å²) >= 11 is 6.96. The zero-order valence-electron chi connectivity index (χ0n) is 11.1. The molecule has 110 valence electrons. The Morgan fingerprint density at radius 2 is 2.14 bits per heavy atom. The first-order chi connectivity index (χ1) is 9.95. The normalized spacial score (nSPS) is 12.1. The lowest BCUT2D eigenvalue weighted by molar-refractivity contribution is 0.582. The summed E-state index contributed by atoms with van der Waals surface area (Å²) < 4.78 is 27.6. The fourth-order valence-electron chi connectivity index (χ4n) is 1.89. The minimum Gasteiger partial charge on any atom is -0.341 e. The molecule has 8 heteroatoms. The molecule has 2 heterocycles. The molecule has 0 aliphatic rings. The van der Waals surface area contributed by atoms with Gasteiger partial charge in [-0.3, -0.25) is 0 Å². The Balaban J connectivity index is 1.80.